The van der Waals surface area contributed by atoms with Crippen LogP contribution in [0.4, 0.5) is 4.39 Å². The van der Waals surface area contributed by atoms with E-state index in [0.717, 1.165) is 6.20 Å². The second-order valence-electron chi connectivity index (χ2n) is 1.93. The van der Waals surface area contributed by atoms with E-state index >= 15 is 0 Å². The van der Waals surface area contributed by atoms with Crippen LogP contribution in [0.25, 0.3) is 0 Å². The highest BCUT2D eigenvalue weighted by Gasteiger charge is 2.11. The lowest BCUT2D eigenvalue weighted by Crippen LogP contribution is -2.04. The van der Waals surface area contributed by atoms with Crippen LogP contribution in [0.1, 0.15) is 16.2 Å². The highest BCUT2D eigenvalue weighted by Crippen LogP contribution is 2.01. The van der Waals surface area contributed by atoms with Crippen molar-refractivity contribution < 1.29 is 14.3 Å². The smallest absolute Gasteiger partial charge is 0.341 e. The topological polar surface area (TPSA) is 63.1 Å². The van der Waals surface area contributed by atoms with Crippen LogP contribution in [0.2, 0.25) is 0 Å². The van der Waals surface area contributed by atoms with E-state index in [-0.39, 0.29) is 5.82 Å². The van der Waals surface area contributed by atoms with E-state index in [9.17, 15) is 9.18 Å². The summed E-state index contributed by atoms with van der Waals surface area (Å²) in [5.74, 6) is -2.14. The summed E-state index contributed by atoms with van der Waals surface area (Å²) in [5.41, 5.74) is -0.504. The number of aromatic nitrogens is 2. The van der Waals surface area contributed by atoms with E-state index in [1.165, 1.54) is 6.92 Å². The van der Waals surface area contributed by atoms with Crippen molar-refractivity contribution in [1.82, 2.24) is 9.97 Å². The molecule has 0 saturated heterocycles. The Balaban J connectivity index is 3.20. The SMILES string of the molecule is Cc1ncc(C(=O)O)c(F)n1. The van der Waals surface area contributed by atoms with Crippen LogP contribution in [0.15, 0.2) is 6.20 Å². The maximum absolute atomic E-state index is 12.6. The van der Waals surface area contributed by atoms with Crippen molar-refractivity contribution in [3.05, 3.63) is 23.5 Å². The molecule has 0 aromatic carbocycles. The Morgan fingerprint density at radius 1 is 1.73 bits per heavy atom. The van der Waals surface area contributed by atoms with Crippen molar-refractivity contribution in [2.45, 2.75) is 6.92 Å². The van der Waals surface area contributed by atoms with Gasteiger partial charge in [0, 0.05) is 6.20 Å². The Labute approximate surface area is 61.7 Å². The van der Waals surface area contributed by atoms with Gasteiger partial charge in [-0.25, -0.2) is 14.8 Å². The van der Waals surface area contributed by atoms with E-state index in [0.29, 0.717) is 0 Å². The number of aryl methyl sites for hydroxylation is 1. The Bertz CT molecular complexity index is 301. The summed E-state index contributed by atoms with van der Waals surface area (Å²) in [6, 6.07) is 0. The summed E-state index contributed by atoms with van der Waals surface area (Å²) in [5, 5.41) is 8.34. The predicted molar refractivity (Wildman–Crippen MR) is 33.7 cm³/mol. The molecule has 5 heteroatoms. The van der Waals surface area contributed by atoms with E-state index in [1.54, 1.807) is 0 Å². The Kier molecular flexibility index (Phi) is 1.80. The molecule has 1 heterocycles. The Morgan fingerprint density at radius 2 is 2.36 bits per heavy atom. The number of hydrogen-bond acceptors (Lipinski definition) is 3. The molecular weight excluding hydrogens is 151 g/mol. The number of hydrogen-bond donors (Lipinski definition) is 1. The zero-order valence-corrected chi connectivity index (χ0v) is 5.71. The molecule has 0 radical (unpaired) electrons. The molecule has 0 atom stereocenters. The van der Waals surface area contributed by atoms with Gasteiger partial charge in [-0.05, 0) is 6.92 Å². The van der Waals surface area contributed by atoms with E-state index in [1.807, 2.05) is 0 Å². The Hall–Kier alpha value is -1.52. The number of carboxylic acid groups (broad SMARTS) is 1. The molecule has 0 bridgehead atoms. The summed E-state index contributed by atoms with van der Waals surface area (Å²) in [7, 11) is 0. The predicted octanol–water partition coefficient (Wildman–Crippen LogP) is 0.622. The maximum atomic E-state index is 12.6. The number of nitrogens with zero attached hydrogens (tertiary/aromatic N) is 2. The molecule has 11 heavy (non-hydrogen) atoms. The van der Waals surface area contributed by atoms with E-state index in [4.69, 9.17) is 5.11 Å². The van der Waals surface area contributed by atoms with Gasteiger partial charge in [0.1, 0.15) is 11.4 Å². The lowest BCUT2D eigenvalue weighted by molar-refractivity contribution is 0.0690. The quantitative estimate of drug-likeness (QED) is 0.605. The minimum Gasteiger partial charge on any atom is -0.477 e. The molecule has 0 fully saturated rings. The average molecular weight is 156 g/mol. The molecule has 58 valence electrons. The third-order valence-electron chi connectivity index (χ3n) is 1.09. The monoisotopic (exact) mass is 156 g/mol. The molecule has 1 aromatic heterocycles. The van der Waals surface area contributed by atoms with Gasteiger partial charge in [0.05, 0.1) is 0 Å². The molecule has 1 aromatic rings. The first-order valence-electron chi connectivity index (χ1n) is 2.83. The van der Waals surface area contributed by atoms with Crippen LogP contribution in [-0.2, 0) is 0 Å². The average Bonchev–Trinajstić information content (AvgIpc) is 1.85. The fraction of sp³-hybridized carbons (Fsp3) is 0.167. The van der Waals surface area contributed by atoms with Crippen LogP contribution < -0.4 is 0 Å². The number of carboxylic acids is 1. The minimum absolute atomic E-state index is 0.215. The maximum Gasteiger partial charge on any atom is 0.341 e. The third-order valence-corrected chi connectivity index (χ3v) is 1.09. The van der Waals surface area contributed by atoms with Crippen molar-refractivity contribution in [2.24, 2.45) is 0 Å². The first-order valence-corrected chi connectivity index (χ1v) is 2.83. The second-order valence-corrected chi connectivity index (χ2v) is 1.93. The van der Waals surface area contributed by atoms with Gasteiger partial charge < -0.3 is 5.11 Å². The Morgan fingerprint density at radius 3 is 2.82 bits per heavy atom. The van der Waals surface area contributed by atoms with Gasteiger partial charge >= 0.3 is 5.97 Å². The molecular formula is C6H5FN2O2. The highest BCUT2D eigenvalue weighted by molar-refractivity contribution is 5.87. The van der Waals surface area contributed by atoms with Crippen LogP contribution in [-0.4, -0.2) is 21.0 Å². The standard InChI is InChI=1S/C6H5FN2O2/c1-3-8-2-4(6(10)11)5(7)9-3/h2H,1H3,(H,10,11). The first-order chi connectivity index (χ1) is 5.11. The molecule has 0 spiro atoms. The van der Waals surface area contributed by atoms with Gasteiger partial charge in [0.25, 0.3) is 0 Å². The summed E-state index contributed by atoms with van der Waals surface area (Å²) >= 11 is 0. The molecule has 0 amide bonds. The van der Waals surface area contributed by atoms with Crippen LogP contribution in [0.5, 0.6) is 0 Å². The lowest BCUT2D eigenvalue weighted by Gasteiger charge is -1.95. The fourth-order valence-corrected chi connectivity index (χ4v) is 0.586. The second kappa shape index (κ2) is 2.61. The lowest BCUT2D eigenvalue weighted by atomic mass is 10.3. The summed E-state index contributed by atoms with van der Waals surface area (Å²) in [6.45, 7) is 1.48. The van der Waals surface area contributed by atoms with E-state index < -0.39 is 17.5 Å². The molecule has 0 aliphatic carbocycles. The summed E-state index contributed by atoms with van der Waals surface area (Å²) in [6.07, 6.45) is 0.944. The summed E-state index contributed by atoms with van der Waals surface area (Å²) < 4.78 is 12.6. The fourth-order valence-electron chi connectivity index (χ4n) is 0.586. The minimum atomic E-state index is -1.36. The van der Waals surface area contributed by atoms with Crippen molar-refractivity contribution >= 4 is 5.97 Å². The van der Waals surface area contributed by atoms with Crippen LogP contribution in [0, 0.1) is 12.9 Å². The molecule has 0 aliphatic heterocycles. The van der Waals surface area contributed by atoms with Crippen molar-refractivity contribution in [2.75, 3.05) is 0 Å². The van der Waals surface area contributed by atoms with E-state index in [2.05, 4.69) is 9.97 Å². The number of halogens is 1. The zero-order valence-electron chi connectivity index (χ0n) is 5.71. The van der Waals surface area contributed by atoms with Gasteiger partial charge in [0.2, 0.25) is 5.95 Å². The van der Waals surface area contributed by atoms with Gasteiger partial charge in [-0.3, -0.25) is 0 Å². The van der Waals surface area contributed by atoms with Gasteiger partial charge in [-0.1, -0.05) is 0 Å². The van der Waals surface area contributed by atoms with Crippen molar-refractivity contribution in [3.8, 4) is 0 Å². The normalized spacial score (nSPS) is 9.64. The van der Waals surface area contributed by atoms with Crippen LogP contribution >= 0.6 is 0 Å². The van der Waals surface area contributed by atoms with Gasteiger partial charge in [-0.2, -0.15) is 4.39 Å². The molecule has 0 unspecified atom stereocenters. The number of carbonyl (C=O) groups is 1. The highest BCUT2D eigenvalue weighted by atomic mass is 19.1. The van der Waals surface area contributed by atoms with Crippen molar-refractivity contribution in [3.63, 3.8) is 0 Å². The van der Waals surface area contributed by atoms with Gasteiger partial charge in [0.15, 0.2) is 0 Å². The summed E-state index contributed by atoms with van der Waals surface area (Å²) in [4.78, 5) is 17.0. The first kappa shape index (κ1) is 7.59. The van der Waals surface area contributed by atoms with Gasteiger partial charge in [-0.15, -0.1) is 0 Å². The number of aromatic carboxylic acids is 1. The number of rotatable bonds is 1. The van der Waals surface area contributed by atoms with Crippen LogP contribution in [0.3, 0.4) is 0 Å². The molecule has 4 nitrogen and oxygen atoms in total. The molecule has 0 aliphatic rings. The molecule has 0 saturated carbocycles. The molecule has 1 rings (SSSR count). The largest absolute Gasteiger partial charge is 0.477 e. The third kappa shape index (κ3) is 1.49. The zero-order chi connectivity index (χ0) is 8.43. The molecule has 1 N–H and O–H groups in total. The van der Waals surface area contributed by atoms with Crippen molar-refractivity contribution in [1.29, 1.82) is 0 Å².